The summed E-state index contributed by atoms with van der Waals surface area (Å²) in [6, 6.07) is 13.8. The summed E-state index contributed by atoms with van der Waals surface area (Å²) in [5, 5.41) is 11.0. The topological polar surface area (TPSA) is 49.6 Å². The van der Waals surface area contributed by atoms with Crippen LogP contribution in [0.15, 0.2) is 42.5 Å². The van der Waals surface area contributed by atoms with Crippen LogP contribution in [-0.2, 0) is 12.7 Å². The number of rotatable bonds is 3. The first-order valence-corrected chi connectivity index (χ1v) is 9.17. The van der Waals surface area contributed by atoms with E-state index in [1.165, 1.54) is 11.6 Å². The van der Waals surface area contributed by atoms with Crippen molar-refractivity contribution >= 4 is 11.5 Å². The molecule has 1 aliphatic heterocycles. The van der Waals surface area contributed by atoms with E-state index in [1.54, 1.807) is 6.07 Å². The van der Waals surface area contributed by atoms with Crippen LogP contribution in [0.4, 0.5) is 19.0 Å². The van der Waals surface area contributed by atoms with Crippen LogP contribution in [0.2, 0.25) is 0 Å². The van der Waals surface area contributed by atoms with Crippen molar-refractivity contribution in [2.24, 2.45) is 0 Å². The second-order valence-corrected chi connectivity index (χ2v) is 7.25. The van der Waals surface area contributed by atoms with Gasteiger partial charge in [0.05, 0.1) is 0 Å². The molecule has 0 spiro atoms. The predicted octanol–water partition coefficient (Wildman–Crippen LogP) is 3.24. The number of halogens is 3. The summed E-state index contributed by atoms with van der Waals surface area (Å²) in [6.45, 7) is 6.50. The van der Waals surface area contributed by atoms with E-state index in [0.717, 1.165) is 17.6 Å². The third-order valence-corrected chi connectivity index (χ3v) is 5.14. The predicted molar refractivity (Wildman–Crippen MR) is 98.9 cm³/mol. The van der Waals surface area contributed by atoms with Gasteiger partial charge in [-0.2, -0.15) is 17.7 Å². The number of anilines is 1. The van der Waals surface area contributed by atoms with Crippen LogP contribution in [0, 0.1) is 0 Å². The summed E-state index contributed by atoms with van der Waals surface area (Å²) in [5.74, 6) is -0.607. The summed E-state index contributed by atoms with van der Waals surface area (Å²) >= 11 is 0. The molecule has 0 aliphatic carbocycles. The molecule has 2 atom stereocenters. The highest BCUT2D eigenvalue weighted by atomic mass is 19.4. The zero-order valence-corrected chi connectivity index (χ0v) is 15.6. The minimum Gasteiger partial charge on any atom is -0.350 e. The quantitative estimate of drug-likeness (QED) is 0.687. The Morgan fingerprint density at radius 1 is 0.964 bits per heavy atom. The fourth-order valence-electron chi connectivity index (χ4n) is 3.66. The van der Waals surface area contributed by atoms with Crippen molar-refractivity contribution in [1.29, 1.82) is 0 Å². The largest absolute Gasteiger partial charge is 0.453 e. The van der Waals surface area contributed by atoms with Gasteiger partial charge in [-0.05, 0) is 31.5 Å². The summed E-state index contributed by atoms with van der Waals surface area (Å²) in [6.07, 6.45) is -4.60. The number of piperazine rings is 1. The molecule has 1 aliphatic rings. The Balaban J connectivity index is 1.57. The zero-order valence-electron chi connectivity index (χ0n) is 15.6. The molecule has 1 fully saturated rings. The third-order valence-electron chi connectivity index (χ3n) is 5.14. The van der Waals surface area contributed by atoms with Gasteiger partial charge in [-0.25, -0.2) is 0 Å². The third kappa shape index (κ3) is 3.54. The van der Waals surface area contributed by atoms with E-state index >= 15 is 0 Å². The van der Waals surface area contributed by atoms with E-state index in [9.17, 15) is 13.2 Å². The molecule has 4 rings (SSSR count). The first-order valence-electron chi connectivity index (χ1n) is 9.17. The van der Waals surface area contributed by atoms with Crippen molar-refractivity contribution in [2.75, 3.05) is 18.0 Å². The van der Waals surface area contributed by atoms with Crippen LogP contribution in [0.5, 0.6) is 0 Å². The highest BCUT2D eigenvalue weighted by Gasteiger charge is 2.38. The monoisotopic (exact) mass is 390 g/mol. The molecule has 1 saturated heterocycles. The molecule has 3 heterocycles. The number of hydrogen-bond donors (Lipinski definition) is 0. The van der Waals surface area contributed by atoms with Gasteiger partial charge >= 0.3 is 6.18 Å². The van der Waals surface area contributed by atoms with Gasteiger partial charge in [-0.1, -0.05) is 30.3 Å². The van der Waals surface area contributed by atoms with E-state index in [1.807, 2.05) is 23.1 Å². The molecule has 148 valence electrons. The first kappa shape index (κ1) is 18.7. The molecule has 0 N–H and O–H groups in total. The molecule has 0 bridgehead atoms. The van der Waals surface area contributed by atoms with Gasteiger partial charge in [0.2, 0.25) is 0 Å². The van der Waals surface area contributed by atoms with Gasteiger partial charge in [0.25, 0.3) is 5.82 Å². The Morgan fingerprint density at radius 2 is 1.71 bits per heavy atom. The molecule has 0 unspecified atom stereocenters. The summed E-state index contributed by atoms with van der Waals surface area (Å²) in [7, 11) is 0. The molecule has 28 heavy (non-hydrogen) atoms. The van der Waals surface area contributed by atoms with Crippen LogP contribution in [-0.4, -0.2) is 49.9 Å². The molecule has 0 radical (unpaired) electrons. The van der Waals surface area contributed by atoms with Crippen molar-refractivity contribution in [3.63, 3.8) is 0 Å². The lowest BCUT2D eigenvalue weighted by Crippen LogP contribution is -2.56. The van der Waals surface area contributed by atoms with Gasteiger partial charge in [0.1, 0.15) is 5.82 Å². The minimum absolute atomic E-state index is 0.0829. The van der Waals surface area contributed by atoms with E-state index in [2.05, 4.69) is 46.2 Å². The SMILES string of the molecule is C[C@@H]1CN(c2ccc3nnc(C(F)(F)F)n3n2)[C@@H](C)CN1Cc1ccccc1. The van der Waals surface area contributed by atoms with E-state index < -0.39 is 12.0 Å². The number of hydrogen-bond acceptors (Lipinski definition) is 5. The van der Waals surface area contributed by atoms with Crippen molar-refractivity contribution in [3.05, 3.63) is 53.9 Å². The maximum absolute atomic E-state index is 13.1. The lowest BCUT2D eigenvalue weighted by molar-refractivity contribution is -0.146. The van der Waals surface area contributed by atoms with E-state index in [4.69, 9.17) is 0 Å². The molecule has 2 aromatic heterocycles. The zero-order chi connectivity index (χ0) is 19.9. The molecular formula is C19H21F3N6. The average molecular weight is 390 g/mol. The van der Waals surface area contributed by atoms with E-state index in [-0.39, 0.29) is 17.7 Å². The van der Waals surface area contributed by atoms with Crippen LogP contribution >= 0.6 is 0 Å². The average Bonchev–Trinajstić information content (AvgIpc) is 3.09. The number of alkyl halides is 3. The highest BCUT2D eigenvalue weighted by Crippen LogP contribution is 2.29. The Morgan fingerprint density at radius 3 is 2.43 bits per heavy atom. The molecule has 1 aromatic carbocycles. The Kier molecular flexibility index (Phi) is 4.70. The van der Waals surface area contributed by atoms with Crippen LogP contribution in [0.3, 0.4) is 0 Å². The maximum Gasteiger partial charge on any atom is 0.453 e. The molecule has 9 heteroatoms. The fraction of sp³-hybridized carbons (Fsp3) is 0.421. The van der Waals surface area contributed by atoms with Crippen LogP contribution in [0.1, 0.15) is 25.2 Å². The lowest BCUT2D eigenvalue weighted by Gasteiger charge is -2.44. The Labute approximate surface area is 160 Å². The second-order valence-electron chi connectivity index (χ2n) is 7.25. The van der Waals surface area contributed by atoms with Crippen molar-refractivity contribution < 1.29 is 13.2 Å². The van der Waals surface area contributed by atoms with Crippen LogP contribution < -0.4 is 4.90 Å². The van der Waals surface area contributed by atoms with Gasteiger partial charge in [-0.15, -0.1) is 15.3 Å². The van der Waals surface area contributed by atoms with E-state index in [0.29, 0.717) is 12.4 Å². The maximum atomic E-state index is 13.1. The Bertz CT molecular complexity index is 955. The summed E-state index contributed by atoms with van der Waals surface area (Å²) < 4.78 is 40.2. The fourth-order valence-corrected chi connectivity index (χ4v) is 3.66. The van der Waals surface area contributed by atoms with Crippen molar-refractivity contribution in [1.82, 2.24) is 24.7 Å². The molecule has 0 amide bonds. The number of fused-ring (bicyclic) bond motifs is 1. The first-order chi connectivity index (χ1) is 13.3. The lowest BCUT2D eigenvalue weighted by atomic mass is 10.1. The van der Waals surface area contributed by atoms with Gasteiger partial charge in [0.15, 0.2) is 5.65 Å². The molecular weight excluding hydrogens is 369 g/mol. The molecule has 0 saturated carbocycles. The van der Waals surface area contributed by atoms with Gasteiger partial charge in [-0.3, -0.25) is 4.90 Å². The van der Waals surface area contributed by atoms with Gasteiger partial charge in [0, 0.05) is 31.7 Å². The smallest absolute Gasteiger partial charge is 0.350 e. The Hall–Kier alpha value is -2.68. The standard InChI is InChI=1S/C19H21F3N6/c1-13-11-27(14(2)10-26(13)12-15-6-4-3-5-7-15)17-9-8-16-23-24-18(19(20,21)22)28(16)25-17/h3-9,13-14H,10-12H2,1-2H3/t13-,14+/m1/s1. The normalized spacial score (nSPS) is 21.4. The molecule has 6 nitrogen and oxygen atoms in total. The number of aromatic nitrogens is 4. The number of nitrogens with zero attached hydrogens (tertiary/aromatic N) is 6. The van der Waals surface area contributed by atoms with Crippen molar-refractivity contribution in [2.45, 2.75) is 38.7 Å². The second kappa shape index (κ2) is 7.05. The van der Waals surface area contributed by atoms with Crippen LogP contribution in [0.25, 0.3) is 5.65 Å². The van der Waals surface area contributed by atoms with Gasteiger partial charge < -0.3 is 4.90 Å². The highest BCUT2D eigenvalue weighted by molar-refractivity contribution is 5.47. The summed E-state index contributed by atoms with van der Waals surface area (Å²) in [4.78, 5) is 4.43. The van der Waals surface area contributed by atoms with Crippen molar-refractivity contribution in [3.8, 4) is 0 Å². The number of benzene rings is 1. The minimum atomic E-state index is -4.60. The molecule has 3 aromatic rings. The summed E-state index contributed by atoms with van der Waals surface area (Å²) in [5.41, 5.74) is 1.33.